The van der Waals surface area contributed by atoms with Gasteiger partial charge in [0.1, 0.15) is 5.02 Å². The molecule has 1 N–H and O–H groups in total. The topological polar surface area (TPSA) is 58.4 Å². The predicted octanol–water partition coefficient (Wildman–Crippen LogP) is 3.46. The van der Waals surface area contributed by atoms with Crippen molar-refractivity contribution in [3.63, 3.8) is 0 Å². The third kappa shape index (κ3) is 6.42. The quantitative estimate of drug-likeness (QED) is 0.431. The first-order chi connectivity index (χ1) is 9.91. The lowest BCUT2D eigenvalue weighted by Crippen LogP contribution is -2.27. The van der Waals surface area contributed by atoms with Gasteiger partial charge in [-0.25, -0.2) is 0 Å². The monoisotopic (exact) mass is 313 g/mol. The number of rotatable bonds is 9. The van der Waals surface area contributed by atoms with Crippen molar-refractivity contribution in [3.8, 4) is 0 Å². The first-order valence-electron chi connectivity index (χ1n) is 7.25. The molecule has 0 saturated carbocycles. The van der Waals surface area contributed by atoms with E-state index in [4.69, 9.17) is 11.6 Å². The minimum atomic E-state index is -0.451. The summed E-state index contributed by atoms with van der Waals surface area (Å²) < 4.78 is 0. The van der Waals surface area contributed by atoms with Crippen molar-refractivity contribution in [3.05, 3.63) is 38.9 Å². The molecule has 0 atom stereocenters. The van der Waals surface area contributed by atoms with Gasteiger partial charge in [0, 0.05) is 18.7 Å². The maximum Gasteiger partial charge on any atom is 0.288 e. The van der Waals surface area contributed by atoms with E-state index < -0.39 is 4.92 Å². The minimum Gasteiger partial charge on any atom is -0.313 e. The highest BCUT2D eigenvalue weighted by Gasteiger charge is 2.12. The van der Waals surface area contributed by atoms with Crippen molar-refractivity contribution in [2.45, 2.75) is 39.3 Å². The van der Waals surface area contributed by atoms with Gasteiger partial charge in [0.05, 0.1) is 4.92 Å². The summed E-state index contributed by atoms with van der Waals surface area (Å²) in [6, 6.07) is 5.50. The predicted molar refractivity (Wildman–Crippen MR) is 86.8 cm³/mol. The Morgan fingerprint density at radius 3 is 2.71 bits per heavy atom. The van der Waals surface area contributed by atoms with Gasteiger partial charge in [-0.1, -0.05) is 17.7 Å². The average molecular weight is 314 g/mol. The van der Waals surface area contributed by atoms with Gasteiger partial charge in [0.15, 0.2) is 0 Å². The summed E-state index contributed by atoms with van der Waals surface area (Å²) in [6.45, 7) is 6.99. The van der Waals surface area contributed by atoms with Crippen LogP contribution in [0.25, 0.3) is 0 Å². The van der Waals surface area contributed by atoms with E-state index in [1.165, 1.54) is 6.07 Å². The average Bonchev–Trinajstić information content (AvgIpc) is 2.43. The van der Waals surface area contributed by atoms with Crippen molar-refractivity contribution in [1.82, 2.24) is 10.2 Å². The lowest BCUT2D eigenvalue weighted by Gasteiger charge is -2.20. The zero-order valence-corrected chi connectivity index (χ0v) is 13.7. The van der Waals surface area contributed by atoms with Crippen LogP contribution in [0.4, 0.5) is 5.69 Å². The number of hydrogen-bond acceptors (Lipinski definition) is 4. The summed E-state index contributed by atoms with van der Waals surface area (Å²) in [5.74, 6) is 0. The molecule has 0 aromatic heterocycles. The van der Waals surface area contributed by atoms with E-state index in [0.29, 0.717) is 12.6 Å². The maximum atomic E-state index is 10.8. The van der Waals surface area contributed by atoms with Crippen LogP contribution in [0.2, 0.25) is 5.02 Å². The second-order valence-corrected chi connectivity index (χ2v) is 5.91. The fourth-order valence-electron chi connectivity index (χ4n) is 1.91. The SMILES string of the molecule is CC(C)N(C)CCCCNCc1ccc(Cl)c([N+](=O)[O-])c1. The Morgan fingerprint density at radius 1 is 1.38 bits per heavy atom. The summed E-state index contributed by atoms with van der Waals surface area (Å²) in [5, 5.41) is 14.3. The molecule has 0 amide bonds. The molecule has 1 aromatic carbocycles. The molecule has 0 aliphatic rings. The molecule has 118 valence electrons. The molecule has 5 nitrogen and oxygen atoms in total. The highest BCUT2D eigenvalue weighted by atomic mass is 35.5. The van der Waals surface area contributed by atoms with Crippen molar-refractivity contribution >= 4 is 17.3 Å². The standard InChI is InChI=1S/C15H24ClN3O2/c1-12(2)18(3)9-5-4-8-17-11-13-6-7-14(16)15(10-13)19(20)21/h6-7,10,12,17H,4-5,8-9,11H2,1-3H3. The second kappa shape index (κ2) is 8.97. The van der Waals surface area contributed by atoms with Crippen LogP contribution in [0.5, 0.6) is 0 Å². The molecule has 0 heterocycles. The molecule has 0 spiro atoms. The molecule has 0 saturated heterocycles. The normalized spacial score (nSPS) is 11.3. The van der Waals surface area contributed by atoms with Crippen molar-refractivity contribution in [2.75, 3.05) is 20.1 Å². The van der Waals surface area contributed by atoms with Crippen LogP contribution < -0.4 is 5.32 Å². The van der Waals surface area contributed by atoms with Crippen molar-refractivity contribution in [2.24, 2.45) is 0 Å². The lowest BCUT2D eigenvalue weighted by molar-refractivity contribution is -0.384. The summed E-state index contributed by atoms with van der Waals surface area (Å²) >= 11 is 5.78. The number of unbranched alkanes of at least 4 members (excludes halogenated alkanes) is 1. The van der Waals surface area contributed by atoms with E-state index in [9.17, 15) is 10.1 Å². The van der Waals surface area contributed by atoms with Crippen LogP contribution in [0.3, 0.4) is 0 Å². The van der Waals surface area contributed by atoms with Crippen LogP contribution in [-0.2, 0) is 6.54 Å². The molecule has 6 heteroatoms. The molecule has 0 radical (unpaired) electrons. The summed E-state index contributed by atoms with van der Waals surface area (Å²) in [6.07, 6.45) is 2.23. The summed E-state index contributed by atoms with van der Waals surface area (Å²) in [5.41, 5.74) is 0.847. The van der Waals surface area contributed by atoms with Gasteiger partial charge in [0.25, 0.3) is 5.69 Å². The molecule has 1 aromatic rings. The molecule has 0 unspecified atom stereocenters. The molecule has 21 heavy (non-hydrogen) atoms. The zero-order chi connectivity index (χ0) is 15.8. The molecular weight excluding hydrogens is 290 g/mol. The van der Waals surface area contributed by atoms with Gasteiger partial charge in [-0.3, -0.25) is 10.1 Å². The largest absolute Gasteiger partial charge is 0.313 e. The smallest absolute Gasteiger partial charge is 0.288 e. The number of nitrogens with one attached hydrogen (secondary N) is 1. The number of benzene rings is 1. The van der Waals surface area contributed by atoms with Crippen molar-refractivity contribution < 1.29 is 4.92 Å². The Labute approximate surface area is 131 Å². The maximum absolute atomic E-state index is 10.8. The summed E-state index contributed by atoms with van der Waals surface area (Å²) in [4.78, 5) is 12.7. The van der Waals surface area contributed by atoms with Crippen molar-refractivity contribution in [1.29, 1.82) is 0 Å². The molecule has 0 bridgehead atoms. The van der Waals surface area contributed by atoms with Gasteiger partial charge < -0.3 is 10.2 Å². The molecule has 0 aliphatic heterocycles. The third-order valence-electron chi connectivity index (χ3n) is 3.53. The van der Waals surface area contributed by atoms with Crippen LogP contribution in [0, 0.1) is 10.1 Å². The lowest BCUT2D eigenvalue weighted by atomic mass is 10.2. The minimum absolute atomic E-state index is 0.0328. The Hall–Kier alpha value is -1.17. The first-order valence-corrected chi connectivity index (χ1v) is 7.63. The Balaban J connectivity index is 2.27. The van der Waals surface area contributed by atoms with E-state index in [2.05, 4.69) is 31.1 Å². The fourth-order valence-corrected chi connectivity index (χ4v) is 2.10. The van der Waals surface area contributed by atoms with Crippen LogP contribution in [0.15, 0.2) is 18.2 Å². The van der Waals surface area contributed by atoms with Gasteiger partial charge in [0.2, 0.25) is 0 Å². The van der Waals surface area contributed by atoms with E-state index in [-0.39, 0.29) is 10.7 Å². The van der Waals surface area contributed by atoms with Crippen LogP contribution in [0.1, 0.15) is 32.3 Å². The molecule has 1 rings (SSSR count). The third-order valence-corrected chi connectivity index (χ3v) is 3.85. The van der Waals surface area contributed by atoms with Gasteiger partial charge >= 0.3 is 0 Å². The van der Waals surface area contributed by atoms with E-state index in [1.807, 2.05) is 6.07 Å². The highest BCUT2D eigenvalue weighted by molar-refractivity contribution is 6.32. The second-order valence-electron chi connectivity index (χ2n) is 5.50. The Morgan fingerprint density at radius 2 is 2.10 bits per heavy atom. The number of halogens is 1. The van der Waals surface area contributed by atoms with E-state index >= 15 is 0 Å². The summed E-state index contributed by atoms with van der Waals surface area (Å²) in [7, 11) is 2.13. The van der Waals surface area contributed by atoms with Gasteiger partial charge in [-0.15, -0.1) is 0 Å². The van der Waals surface area contributed by atoms with E-state index in [1.54, 1.807) is 6.07 Å². The van der Waals surface area contributed by atoms with Gasteiger partial charge in [-0.2, -0.15) is 0 Å². The number of nitro benzene ring substituents is 1. The molecule has 0 fully saturated rings. The Kier molecular flexibility index (Phi) is 7.64. The Bertz CT molecular complexity index is 466. The van der Waals surface area contributed by atoms with Crippen LogP contribution >= 0.6 is 11.6 Å². The zero-order valence-electron chi connectivity index (χ0n) is 12.9. The number of nitro groups is 1. The highest BCUT2D eigenvalue weighted by Crippen LogP contribution is 2.24. The van der Waals surface area contributed by atoms with Crippen LogP contribution in [-0.4, -0.2) is 36.0 Å². The van der Waals surface area contributed by atoms with Gasteiger partial charge in [-0.05, 0) is 58.5 Å². The fraction of sp³-hybridized carbons (Fsp3) is 0.600. The number of hydrogen-bond donors (Lipinski definition) is 1. The van der Waals surface area contributed by atoms with E-state index in [0.717, 1.165) is 31.5 Å². The molecule has 0 aliphatic carbocycles. The first kappa shape index (κ1) is 17.9. The number of nitrogens with zero attached hydrogens (tertiary/aromatic N) is 2. The molecular formula is C15H24ClN3O2.